The summed E-state index contributed by atoms with van der Waals surface area (Å²) in [6.45, 7) is 7.92. The fraction of sp³-hybridized carbons (Fsp3) is 0.684. The Labute approximate surface area is 169 Å². The topological polar surface area (TPSA) is 66.4 Å². The fourth-order valence-electron chi connectivity index (χ4n) is 3.25. The molecule has 2 saturated heterocycles. The van der Waals surface area contributed by atoms with Crippen LogP contribution in [-0.2, 0) is 30.3 Å². The summed E-state index contributed by atoms with van der Waals surface area (Å²) in [6.07, 6.45) is -2.69. The Kier molecular flexibility index (Phi) is 6.40. The Morgan fingerprint density at radius 1 is 1.04 bits per heavy atom. The molecule has 1 aromatic carbocycles. The van der Waals surface area contributed by atoms with Crippen LogP contribution in [0, 0.1) is 0 Å². The molecule has 1 aromatic rings. The summed E-state index contributed by atoms with van der Waals surface area (Å²) >= 11 is 12.5. The van der Waals surface area contributed by atoms with Gasteiger partial charge in [0.1, 0.15) is 24.4 Å². The van der Waals surface area contributed by atoms with E-state index in [1.165, 1.54) is 0 Å². The van der Waals surface area contributed by atoms with Crippen molar-refractivity contribution in [2.45, 2.75) is 70.3 Å². The second-order valence-electron chi connectivity index (χ2n) is 7.70. The monoisotopic (exact) mass is 420 g/mol. The molecule has 0 spiro atoms. The molecule has 1 N–H and O–H groups in total. The zero-order chi connectivity index (χ0) is 19.8. The molecule has 2 aliphatic heterocycles. The van der Waals surface area contributed by atoms with Crippen LogP contribution in [0.25, 0.3) is 0 Å². The van der Waals surface area contributed by atoms with Gasteiger partial charge in [0, 0.05) is 15.6 Å². The standard InChI is InChI=1S/C19H26Cl2O6/c1-18(2)24-9-14(26-18)16(22)17(15-10-25-19(3,4)27-15)23-8-11-12(20)6-5-7-13(11)21/h5-7,14-17,22H,8-10H2,1-4H3/t14-,15-,16-,17+/m1/s1. The minimum Gasteiger partial charge on any atom is -0.387 e. The number of aliphatic hydroxyl groups excluding tert-OH is 1. The number of aliphatic hydroxyl groups is 1. The van der Waals surface area contributed by atoms with Crippen LogP contribution in [-0.4, -0.2) is 54.3 Å². The van der Waals surface area contributed by atoms with Crippen molar-refractivity contribution in [3.05, 3.63) is 33.8 Å². The van der Waals surface area contributed by atoms with Gasteiger partial charge in [-0.1, -0.05) is 29.3 Å². The van der Waals surface area contributed by atoms with E-state index in [4.69, 9.17) is 46.9 Å². The number of rotatable bonds is 6. The van der Waals surface area contributed by atoms with Gasteiger partial charge in [0.25, 0.3) is 0 Å². The summed E-state index contributed by atoms with van der Waals surface area (Å²) in [5.74, 6) is -1.51. The summed E-state index contributed by atoms with van der Waals surface area (Å²) in [7, 11) is 0. The summed E-state index contributed by atoms with van der Waals surface area (Å²) in [5.41, 5.74) is 0.653. The molecule has 0 unspecified atom stereocenters. The van der Waals surface area contributed by atoms with Gasteiger partial charge in [0.2, 0.25) is 0 Å². The first-order valence-corrected chi connectivity index (χ1v) is 9.70. The maximum absolute atomic E-state index is 11.0. The zero-order valence-electron chi connectivity index (χ0n) is 15.9. The van der Waals surface area contributed by atoms with E-state index in [0.29, 0.717) is 22.2 Å². The van der Waals surface area contributed by atoms with Crippen molar-refractivity contribution in [1.29, 1.82) is 0 Å². The molecule has 2 heterocycles. The average molecular weight is 421 g/mol. The average Bonchev–Trinajstić information content (AvgIpc) is 3.11. The number of benzene rings is 1. The summed E-state index contributed by atoms with van der Waals surface area (Å²) < 4.78 is 29.0. The van der Waals surface area contributed by atoms with Crippen LogP contribution in [0.4, 0.5) is 0 Å². The molecule has 8 heteroatoms. The number of halogens is 2. The van der Waals surface area contributed by atoms with Gasteiger partial charge >= 0.3 is 0 Å². The van der Waals surface area contributed by atoms with E-state index in [2.05, 4.69) is 0 Å². The third-order valence-corrected chi connectivity index (χ3v) is 5.33. The largest absolute Gasteiger partial charge is 0.387 e. The summed E-state index contributed by atoms with van der Waals surface area (Å²) in [5, 5.41) is 12.0. The lowest BCUT2D eigenvalue weighted by molar-refractivity contribution is -0.195. The van der Waals surface area contributed by atoms with Crippen LogP contribution < -0.4 is 0 Å². The Morgan fingerprint density at radius 2 is 1.56 bits per heavy atom. The van der Waals surface area contributed by atoms with Crippen molar-refractivity contribution < 1.29 is 28.8 Å². The van der Waals surface area contributed by atoms with Crippen LogP contribution in [0.1, 0.15) is 33.3 Å². The molecule has 3 rings (SSSR count). The SMILES string of the molecule is CC1(C)OC[C@H]([C@@H](O)[C@@H](OCc2c(Cl)cccc2Cl)[C@H]2COC(C)(C)O2)O1. The normalized spacial score (nSPS) is 29.0. The predicted octanol–water partition coefficient (Wildman–Crippen LogP) is 3.54. The zero-order valence-corrected chi connectivity index (χ0v) is 17.4. The highest BCUT2D eigenvalue weighted by Crippen LogP contribution is 2.33. The maximum atomic E-state index is 11.0. The summed E-state index contributed by atoms with van der Waals surface area (Å²) in [6, 6.07) is 5.25. The van der Waals surface area contributed by atoms with E-state index in [1.807, 2.05) is 13.8 Å². The van der Waals surface area contributed by atoms with Crippen molar-refractivity contribution in [2.75, 3.05) is 13.2 Å². The Balaban J connectivity index is 1.76. The quantitative estimate of drug-likeness (QED) is 0.758. The third kappa shape index (κ3) is 5.14. The van der Waals surface area contributed by atoms with Gasteiger partial charge in [-0.3, -0.25) is 0 Å². The van der Waals surface area contributed by atoms with E-state index in [0.717, 1.165) is 0 Å². The van der Waals surface area contributed by atoms with Crippen LogP contribution in [0.5, 0.6) is 0 Å². The van der Waals surface area contributed by atoms with Crippen LogP contribution in [0.15, 0.2) is 18.2 Å². The molecule has 2 aliphatic rings. The highest BCUT2D eigenvalue weighted by Gasteiger charge is 2.46. The van der Waals surface area contributed by atoms with Gasteiger partial charge in [-0.05, 0) is 39.8 Å². The smallest absolute Gasteiger partial charge is 0.163 e. The first-order chi connectivity index (χ1) is 12.6. The molecule has 2 fully saturated rings. The van der Waals surface area contributed by atoms with Gasteiger partial charge in [0.15, 0.2) is 11.6 Å². The van der Waals surface area contributed by atoms with Crippen molar-refractivity contribution >= 4 is 23.2 Å². The molecule has 0 radical (unpaired) electrons. The number of hydrogen-bond donors (Lipinski definition) is 1. The summed E-state index contributed by atoms with van der Waals surface area (Å²) in [4.78, 5) is 0. The van der Waals surface area contributed by atoms with Crippen molar-refractivity contribution in [2.24, 2.45) is 0 Å². The van der Waals surface area contributed by atoms with Gasteiger partial charge in [0.05, 0.1) is 19.8 Å². The second-order valence-corrected chi connectivity index (χ2v) is 8.52. The Morgan fingerprint density at radius 3 is 2.04 bits per heavy atom. The lowest BCUT2D eigenvalue weighted by atomic mass is 10.0. The highest BCUT2D eigenvalue weighted by molar-refractivity contribution is 6.35. The van der Waals surface area contributed by atoms with Crippen LogP contribution in [0.3, 0.4) is 0 Å². The molecule has 4 atom stereocenters. The second kappa shape index (κ2) is 8.13. The lowest BCUT2D eigenvalue weighted by Gasteiger charge is -2.31. The van der Waals surface area contributed by atoms with E-state index in [-0.39, 0.29) is 13.2 Å². The molecule has 6 nitrogen and oxygen atoms in total. The molecular formula is C19H26Cl2O6. The van der Waals surface area contributed by atoms with Gasteiger partial charge in [-0.15, -0.1) is 0 Å². The minimum atomic E-state index is -0.976. The predicted molar refractivity (Wildman–Crippen MR) is 101 cm³/mol. The molecule has 0 saturated carbocycles. The molecular weight excluding hydrogens is 395 g/mol. The van der Waals surface area contributed by atoms with E-state index < -0.39 is 36.0 Å². The fourth-order valence-corrected chi connectivity index (χ4v) is 3.75. The molecule has 0 aromatic heterocycles. The van der Waals surface area contributed by atoms with Crippen molar-refractivity contribution in [1.82, 2.24) is 0 Å². The highest BCUT2D eigenvalue weighted by atomic mass is 35.5. The van der Waals surface area contributed by atoms with Gasteiger partial charge < -0.3 is 28.8 Å². The molecule has 0 bridgehead atoms. The minimum absolute atomic E-state index is 0.123. The van der Waals surface area contributed by atoms with E-state index >= 15 is 0 Å². The molecule has 27 heavy (non-hydrogen) atoms. The maximum Gasteiger partial charge on any atom is 0.163 e. The van der Waals surface area contributed by atoms with Crippen molar-refractivity contribution in [3.8, 4) is 0 Å². The first kappa shape index (κ1) is 21.3. The lowest BCUT2D eigenvalue weighted by Crippen LogP contribution is -2.48. The van der Waals surface area contributed by atoms with Crippen molar-refractivity contribution in [3.63, 3.8) is 0 Å². The van der Waals surface area contributed by atoms with Crippen LogP contribution in [0.2, 0.25) is 10.0 Å². The third-order valence-electron chi connectivity index (χ3n) is 4.63. The van der Waals surface area contributed by atoms with Crippen LogP contribution >= 0.6 is 23.2 Å². The van der Waals surface area contributed by atoms with E-state index in [9.17, 15) is 5.11 Å². The number of hydrogen-bond acceptors (Lipinski definition) is 6. The molecule has 0 amide bonds. The number of ether oxygens (including phenoxy) is 5. The molecule has 0 aliphatic carbocycles. The van der Waals surface area contributed by atoms with E-state index in [1.54, 1.807) is 32.0 Å². The van der Waals surface area contributed by atoms with Gasteiger partial charge in [-0.2, -0.15) is 0 Å². The Hall–Kier alpha value is -0.440. The Bertz CT molecular complexity index is 645. The van der Waals surface area contributed by atoms with Gasteiger partial charge in [-0.25, -0.2) is 0 Å². The first-order valence-electron chi connectivity index (χ1n) is 8.94. The molecule has 152 valence electrons.